The lowest BCUT2D eigenvalue weighted by molar-refractivity contribution is -0.627. The van der Waals surface area contributed by atoms with Crippen molar-refractivity contribution < 1.29 is 14.4 Å². The molecule has 25 heavy (non-hydrogen) atoms. The summed E-state index contributed by atoms with van der Waals surface area (Å²) in [7, 11) is 3.76. The molecule has 0 aliphatic heterocycles. The SMILES string of the molecule is CCOCc1cc(N=Nc2sc3ccccc3[n+]2C)c(O)cc1NC. The summed E-state index contributed by atoms with van der Waals surface area (Å²) >= 11 is 1.56. The van der Waals surface area contributed by atoms with Crippen LogP contribution in [-0.4, -0.2) is 18.8 Å². The summed E-state index contributed by atoms with van der Waals surface area (Å²) in [6, 6.07) is 11.5. The van der Waals surface area contributed by atoms with Crippen molar-refractivity contribution in [1.82, 2.24) is 0 Å². The number of azo groups is 1. The molecule has 0 amide bonds. The number of nitrogens with zero attached hydrogens (tertiary/aromatic N) is 3. The van der Waals surface area contributed by atoms with E-state index in [0.29, 0.717) is 18.9 Å². The van der Waals surface area contributed by atoms with Gasteiger partial charge in [-0.1, -0.05) is 12.1 Å². The van der Waals surface area contributed by atoms with Crippen LogP contribution in [-0.2, 0) is 18.4 Å². The molecule has 130 valence electrons. The fraction of sp³-hybridized carbons (Fsp3) is 0.278. The van der Waals surface area contributed by atoms with E-state index in [0.717, 1.165) is 26.6 Å². The van der Waals surface area contributed by atoms with Crippen molar-refractivity contribution >= 4 is 38.1 Å². The first-order valence-corrected chi connectivity index (χ1v) is 8.86. The molecule has 0 unspecified atom stereocenters. The number of aryl methyl sites for hydroxylation is 1. The van der Waals surface area contributed by atoms with Crippen LogP contribution in [0.4, 0.5) is 16.5 Å². The average Bonchev–Trinajstić information content (AvgIpc) is 2.95. The fourth-order valence-corrected chi connectivity index (χ4v) is 3.51. The van der Waals surface area contributed by atoms with Gasteiger partial charge in [0, 0.05) is 31.0 Å². The van der Waals surface area contributed by atoms with Gasteiger partial charge in [0.05, 0.1) is 23.5 Å². The second-order valence-electron chi connectivity index (χ2n) is 5.50. The first-order valence-electron chi connectivity index (χ1n) is 8.04. The maximum atomic E-state index is 10.2. The van der Waals surface area contributed by atoms with Crippen LogP contribution in [0, 0.1) is 0 Å². The largest absolute Gasteiger partial charge is 0.505 e. The van der Waals surface area contributed by atoms with Crippen LogP contribution < -0.4 is 9.88 Å². The average molecular weight is 357 g/mol. The Morgan fingerprint density at radius 3 is 2.76 bits per heavy atom. The molecule has 0 fully saturated rings. The van der Waals surface area contributed by atoms with E-state index in [2.05, 4.69) is 21.6 Å². The molecular weight excluding hydrogens is 336 g/mol. The highest BCUT2D eigenvalue weighted by Gasteiger charge is 2.16. The number of hydrogen-bond donors (Lipinski definition) is 2. The number of aromatic hydroxyl groups is 1. The van der Waals surface area contributed by atoms with Crippen LogP contribution in [0.15, 0.2) is 46.6 Å². The molecule has 0 aliphatic rings. The normalized spacial score (nSPS) is 11.5. The van der Waals surface area contributed by atoms with Crippen LogP contribution in [0.1, 0.15) is 12.5 Å². The molecule has 0 radical (unpaired) electrons. The number of rotatable bonds is 6. The number of nitrogens with one attached hydrogen (secondary N) is 1. The highest BCUT2D eigenvalue weighted by atomic mass is 32.1. The quantitative estimate of drug-likeness (QED) is 0.507. The van der Waals surface area contributed by atoms with Gasteiger partial charge in [0.1, 0.15) is 11.3 Å². The standard InChI is InChI=1S/C18H20N4O2S/c1-4-24-11-12-9-14(16(23)10-13(12)19-2)20-21-18-22(3)15-7-5-6-8-17(15)25-18/h5-10H,4,11H2,1-3H3,(H,19,23)/p+1. The Labute approximate surface area is 150 Å². The summed E-state index contributed by atoms with van der Waals surface area (Å²) in [5.74, 6) is 0.0807. The van der Waals surface area contributed by atoms with Crippen LogP contribution in [0.2, 0.25) is 0 Å². The third-order valence-corrected chi connectivity index (χ3v) is 4.99. The molecule has 0 atom stereocenters. The van der Waals surface area contributed by atoms with Crippen molar-refractivity contribution in [3.05, 3.63) is 42.0 Å². The van der Waals surface area contributed by atoms with Gasteiger partial charge in [-0.25, -0.2) is 4.57 Å². The van der Waals surface area contributed by atoms with Gasteiger partial charge in [0.25, 0.3) is 0 Å². The van der Waals surface area contributed by atoms with E-state index < -0.39 is 0 Å². The molecule has 0 spiro atoms. The summed E-state index contributed by atoms with van der Waals surface area (Å²) in [4.78, 5) is 0. The zero-order chi connectivity index (χ0) is 17.8. The molecule has 0 saturated heterocycles. The van der Waals surface area contributed by atoms with E-state index >= 15 is 0 Å². The van der Waals surface area contributed by atoms with Crippen molar-refractivity contribution in [2.24, 2.45) is 17.3 Å². The van der Waals surface area contributed by atoms with Gasteiger partial charge >= 0.3 is 5.13 Å². The lowest BCUT2D eigenvalue weighted by Gasteiger charge is -2.10. The molecule has 1 heterocycles. The van der Waals surface area contributed by atoms with E-state index in [-0.39, 0.29) is 5.75 Å². The van der Waals surface area contributed by atoms with Crippen LogP contribution in [0.3, 0.4) is 0 Å². The number of anilines is 1. The van der Waals surface area contributed by atoms with E-state index in [4.69, 9.17) is 4.74 Å². The number of phenolic OH excluding ortho intramolecular Hbond substituents is 1. The molecule has 6 nitrogen and oxygen atoms in total. The van der Waals surface area contributed by atoms with Gasteiger partial charge in [-0.3, -0.25) is 0 Å². The minimum Gasteiger partial charge on any atom is -0.505 e. The van der Waals surface area contributed by atoms with E-state index in [9.17, 15) is 5.11 Å². The number of phenols is 1. The molecule has 2 N–H and O–H groups in total. The maximum absolute atomic E-state index is 10.2. The van der Waals surface area contributed by atoms with Gasteiger partial charge in [0.2, 0.25) is 0 Å². The zero-order valence-electron chi connectivity index (χ0n) is 14.5. The van der Waals surface area contributed by atoms with Gasteiger partial charge in [-0.15, -0.1) is 0 Å². The molecule has 0 bridgehead atoms. The second kappa shape index (κ2) is 7.58. The Morgan fingerprint density at radius 2 is 2.04 bits per heavy atom. The Bertz CT molecular complexity index is 921. The second-order valence-corrected chi connectivity index (χ2v) is 6.51. The van der Waals surface area contributed by atoms with Crippen LogP contribution in [0.5, 0.6) is 5.75 Å². The minimum atomic E-state index is 0.0807. The van der Waals surface area contributed by atoms with Crippen molar-refractivity contribution in [2.45, 2.75) is 13.5 Å². The van der Waals surface area contributed by atoms with Crippen molar-refractivity contribution in [3.63, 3.8) is 0 Å². The molecular formula is C18H21N4O2S+. The van der Waals surface area contributed by atoms with Crippen molar-refractivity contribution in [1.29, 1.82) is 0 Å². The van der Waals surface area contributed by atoms with Crippen LogP contribution in [0.25, 0.3) is 10.2 Å². The zero-order valence-corrected chi connectivity index (χ0v) is 15.3. The molecule has 0 saturated carbocycles. The summed E-state index contributed by atoms with van der Waals surface area (Å²) < 4.78 is 8.62. The highest BCUT2D eigenvalue weighted by Crippen LogP contribution is 2.35. The number of ether oxygens (including phenoxy) is 1. The van der Waals surface area contributed by atoms with Gasteiger partial charge < -0.3 is 15.2 Å². The molecule has 3 aromatic rings. The number of aromatic nitrogens is 1. The summed E-state index contributed by atoms with van der Waals surface area (Å²) in [5, 5.41) is 22.6. The van der Waals surface area contributed by atoms with E-state index in [1.54, 1.807) is 23.5 Å². The lowest BCUT2D eigenvalue weighted by Crippen LogP contribution is -2.25. The van der Waals surface area contributed by atoms with Gasteiger partial charge in [0.15, 0.2) is 5.69 Å². The fourth-order valence-electron chi connectivity index (χ4n) is 2.54. The predicted octanol–water partition coefficient (Wildman–Crippen LogP) is 4.43. The minimum absolute atomic E-state index is 0.0807. The first kappa shape index (κ1) is 17.3. The number of fused-ring (bicyclic) bond motifs is 1. The number of hydrogen-bond acceptors (Lipinski definition) is 6. The molecule has 3 rings (SSSR count). The van der Waals surface area contributed by atoms with Crippen molar-refractivity contribution in [2.75, 3.05) is 19.0 Å². The third kappa shape index (κ3) is 3.62. The van der Waals surface area contributed by atoms with E-state index in [1.807, 2.05) is 43.8 Å². The predicted molar refractivity (Wildman–Crippen MR) is 100 cm³/mol. The Balaban J connectivity index is 1.95. The first-order chi connectivity index (χ1) is 12.1. The van der Waals surface area contributed by atoms with E-state index in [1.165, 1.54) is 0 Å². The van der Waals surface area contributed by atoms with Crippen LogP contribution >= 0.6 is 11.3 Å². The Morgan fingerprint density at radius 1 is 1.24 bits per heavy atom. The highest BCUT2D eigenvalue weighted by molar-refractivity contribution is 7.21. The van der Waals surface area contributed by atoms with Crippen molar-refractivity contribution in [3.8, 4) is 5.75 Å². The number of benzene rings is 2. The number of thiazole rings is 1. The molecule has 1 aromatic heterocycles. The third-order valence-electron chi connectivity index (χ3n) is 3.89. The number of para-hydroxylation sites is 1. The Kier molecular flexibility index (Phi) is 5.25. The molecule has 2 aromatic carbocycles. The summed E-state index contributed by atoms with van der Waals surface area (Å²) in [5.41, 5.74) is 3.27. The molecule has 7 heteroatoms. The summed E-state index contributed by atoms with van der Waals surface area (Å²) in [6.45, 7) is 3.02. The van der Waals surface area contributed by atoms with Gasteiger partial charge in [-0.2, -0.15) is 0 Å². The van der Waals surface area contributed by atoms with Gasteiger partial charge in [-0.05, 0) is 41.6 Å². The lowest BCUT2D eigenvalue weighted by atomic mass is 10.1. The Hall–Kier alpha value is -2.51. The smallest absolute Gasteiger partial charge is 0.409 e. The topological polar surface area (TPSA) is 70.1 Å². The molecule has 0 aliphatic carbocycles. The monoisotopic (exact) mass is 357 g/mol. The maximum Gasteiger partial charge on any atom is 0.409 e. The summed E-state index contributed by atoms with van der Waals surface area (Å²) in [6.07, 6.45) is 0.